The van der Waals surface area contributed by atoms with Gasteiger partial charge in [0, 0.05) is 58.1 Å². The van der Waals surface area contributed by atoms with Gasteiger partial charge >= 0.3 is 0 Å². The van der Waals surface area contributed by atoms with Crippen LogP contribution in [0.5, 0.6) is 0 Å². The lowest BCUT2D eigenvalue weighted by Gasteiger charge is -2.21. The second-order valence-corrected chi connectivity index (χ2v) is 6.39. The number of aromatic nitrogens is 3. The van der Waals surface area contributed by atoms with Gasteiger partial charge in [-0.25, -0.2) is 18.7 Å². The van der Waals surface area contributed by atoms with E-state index in [1.54, 1.807) is 11.1 Å². The number of rotatable bonds is 4. The van der Waals surface area contributed by atoms with E-state index in [1.807, 2.05) is 17.8 Å². The first kappa shape index (κ1) is 25.6. The topological polar surface area (TPSA) is 129 Å². The number of nitrogens with zero attached hydrogens (tertiary/aromatic N) is 5. The number of pyridine rings is 1. The summed E-state index contributed by atoms with van der Waals surface area (Å²) >= 11 is 0. The molecule has 2 aromatic rings. The highest BCUT2D eigenvalue weighted by atomic mass is 19.1. The Morgan fingerprint density at radius 2 is 1.81 bits per heavy atom. The SMILES string of the molecule is Cn1ccnc1CCN1CCCN(C(=O)c2ncc(F)cc2F)CC1.O=CO.O=CO. The van der Waals surface area contributed by atoms with Crippen LogP contribution in [-0.2, 0) is 23.1 Å². The molecular formula is C19H25F2N5O5. The zero-order valence-corrected chi connectivity index (χ0v) is 17.0. The molecule has 0 bridgehead atoms. The number of carbonyl (C=O) groups excluding carboxylic acids is 1. The van der Waals surface area contributed by atoms with Crippen LogP contribution in [0.3, 0.4) is 0 Å². The van der Waals surface area contributed by atoms with Crippen molar-refractivity contribution in [2.24, 2.45) is 7.05 Å². The third kappa shape index (κ3) is 8.46. The Morgan fingerprint density at radius 3 is 2.39 bits per heavy atom. The Bertz CT molecular complexity index is 843. The van der Waals surface area contributed by atoms with Crippen LogP contribution in [0, 0.1) is 11.6 Å². The lowest BCUT2D eigenvalue weighted by atomic mass is 10.3. The van der Waals surface area contributed by atoms with Gasteiger partial charge in [-0.15, -0.1) is 0 Å². The lowest BCUT2D eigenvalue weighted by molar-refractivity contribution is -0.123. The van der Waals surface area contributed by atoms with E-state index in [0.717, 1.165) is 38.0 Å². The van der Waals surface area contributed by atoms with Crippen LogP contribution in [0.2, 0.25) is 0 Å². The Kier molecular flexibility index (Phi) is 11.4. The Morgan fingerprint density at radius 1 is 1.13 bits per heavy atom. The monoisotopic (exact) mass is 441 g/mol. The molecule has 0 aliphatic carbocycles. The molecule has 1 amide bonds. The second-order valence-electron chi connectivity index (χ2n) is 6.39. The fourth-order valence-corrected chi connectivity index (χ4v) is 3.01. The van der Waals surface area contributed by atoms with Gasteiger partial charge in [-0.1, -0.05) is 0 Å². The van der Waals surface area contributed by atoms with E-state index in [0.29, 0.717) is 25.7 Å². The smallest absolute Gasteiger partial charge is 0.290 e. The minimum absolute atomic E-state index is 0.250. The normalized spacial score (nSPS) is 13.7. The van der Waals surface area contributed by atoms with Crippen molar-refractivity contribution in [1.82, 2.24) is 24.3 Å². The van der Waals surface area contributed by atoms with Gasteiger partial charge in [-0.2, -0.15) is 0 Å². The summed E-state index contributed by atoms with van der Waals surface area (Å²) in [4.78, 5) is 41.0. The number of carbonyl (C=O) groups is 3. The van der Waals surface area contributed by atoms with E-state index in [2.05, 4.69) is 14.9 Å². The Balaban J connectivity index is 0.000000720. The van der Waals surface area contributed by atoms with Gasteiger partial charge < -0.3 is 24.6 Å². The third-order valence-electron chi connectivity index (χ3n) is 4.46. The summed E-state index contributed by atoms with van der Waals surface area (Å²) in [6, 6.07) is 0.692. The van der Waals surface area contributed by atoms with Crippen LogP contribution in [0.25, 0.3) is 0 Å². The standard InChI is InChI=1S/C17H21F2N5O.2CH2O2/c1-22-8-4-20-15(22)3-7-23-5-2-6-24(10-9-23)17(25)16-14(19)11-13(18)12-21-16;2*2-1-3/h4,8,11-12H,2-3,5-7,9-10H2,1H3;2*1H,(H,2,3). The van der Waals surface area contributed by atoms with Crippen LogP contribution in [0.4, 0.5) is 8.78 Å². The van der Waals surface area contributed by atoms with E-state index in [9.17, 15) is 13.6 Å². The van der Waals surface area contributed by atoms with Crippen LogP contribution in [0.15, 0.2) is 24.7 Å². The molecule has 1 fully saturated rings. The Labute approximate surface area is 177 Å². The molecule has 0 unspecified atom stereocenters. The fraction of sp³-hybridized carbons (Fsp3) is 0.421. The van der Waals surface area contributed by atoms with Crippen molar-refractivity contribution in [2.45, 2.75) is 12.8 Å². The molecular weight excluding hydrogens is 416 g/mol. The molecule has 0 radical (unpaired) electrons. The van der Waals surface area contributed by atoms with Crippen molar-refractivity contribution in [3.63, 3.8) is 0 Å². The highest BCUT2D eigenvalue weighted by Gasteiger charge is 2.24. The largest absolute Gasteiger partial charge is 0.483 e. The zero-order valence-electron chi connectivity index (χ0n) is 17.0. The van der Waals surface area contributed by atoms with Crippen molar-refractivity contribution in [2.75, 3.05) is 32.7 Å². The molecule has 31 heavy (non-hydrogen) atoms. The molecule has 1 aliphatic heterocycles. The second kappa shape index (κ2) is 13.7. The molecule has 3 heterocycles. The van der Waals surface area contributed by atoms with Gasteiger partial charge in [0.15, 0.2) is 11.5 Å². The number of carboxylic acid groups (broad SMARTS) is 2. The maximum Gasteiger partial charge on any atom is 0.290 e. The summed E-state index contributed by atoms with van der Waals surface area (Å²) in [5, 5.41) is 13.8. The summed E-state index contributed by atoms with van der Waals surface area (Å²) in [6.45, 7) is 2.97. The lowest BCUT2D eigenvalue weighted by Crippen LogP contribution is -2.36. The van der Waals surface area contributed by atoms with E-state index in [-0.39, 0.29) is 18.6 Å². The number of amides is 1. The molecule has 2 aromatic heterocycles. The van der Waals surface area contributed by atoms with E-state index in [1.165, 1.54) is 0 Å². The fourth-order valence-electron chi connectivity index (χ4n) is 3.01. The van der Waals surface area contributed by atoms with Crippen LogP contribution in [0.1, 0.15) is 22.7 Å². The van der Waals surface area contributed by atoms with Gasteiger partial charge in [-0.3, -0.25) is 14.4 Å². The number of imidazole rings is 1. The molecule has 0 aromatic carbocycles. The maximum absolute atomic E-state index is 13.8. The average Bonchev–Trinajstić information content (AvgIpc) is 2.98. The number of aryl methyl sites for hydroxylation is 1. The van der Waals surface area contributed by atoms with Crippen molar-refractivity contribution >= 4 is 18.9 Å². The van der Waals surface area contributed by atoms with Gasteiger partial charge in [0.25, 0.3) is 18.9 Å². The first-order chi connectivity index (χ1) is 14.9. The average molecular weight is 441 g/mol. The summed E-state index contributed by atoms with van der Waals surface area (Å²) in [5.41, 5.74) is -0.317. The van der Waals surface area contributed by atoms with Crippen LogP contribution >= 0.6 is 0 Å². The predicted octanol–water partition coefficient (Wildman–Crippen LogP) is 0.886. The molecule has 2 N–H and O–H groups in total. The van der Waals surface area contributed by atoms with Crippen molar-refractivity contribution in [3.8, 4) is 0 Å². The molecule has 0 saturated carbocycles. The van der Waals surface area contributed by atoms with Crippen LogP contribution < -0.4 is 0 Å². The summed E-state index contributed by atoms with van der Waals surface area (Å²) in [5.74, 6) is -1.16. The molecule has 170 valence electrons. The van der Waals surface area contributed by atoms with E-state index < -0.39 is 17.5 Å². The minimum Gasteiger partial charge on any atom is -0.483 e. The van der Waals surface area contributed by atoms with Crippen molar-refractivity contribution in [3.05, 3.63) is 47.8 Å². The predicted molar refractivity (Wildman–Crippen MR) is 105 cm³/mol. The molecule has 10 nitrogen and oxygen atoms in total. The minimum atomic E-state index is -0.916. The Hall–Kier alpha value is -3.41. The summed E-state index contributed by atoms with van der Waals surface area (Å²) < 4.78 is 28.7. The van der Waals surface area contributed by atoms with Gasteiger partial charge in [0.2, 0.25) is 0 Å². The van der Waals surface area contributed by atoms with E-state index >= 15 is 0 Å². The summed E-state index contributed by atoms with van der Waals surface area (Å²) in [7, 11) is 1.97. The van der Waals surface area contributed by atoms with E-state index in [4.69, 9.17) is 19.8 Å². The van der Waals surface area contributed by atoms with Crippen LogP contribution in [-0.4, -0.2) is 86.1 Å². The molecule has 1 saturated heterocycles. The molecule has 12 heteroatoms. The molecule has 0 atom stereocenters. The first-order valence-electron chi connectivity index (χ1n) is 9.32. The maximum atomic E-state index is 13.8. The third-order valence-corrected chi connectivity index (χ3v) is 4.46. The highest BCUT2D eigenvalue weighted by molar-refractivity contribution is 5.92. The van der Waals surface area contributed by atoms with Gasteiger partial charge in [0.1, 0.15) is 11.6 Å². The summed E-state index contributed by atoms with van der Waals surface area (Å²) in [6.07, 6.45) is 6.21. The molecule has 3 rings (SSSR count). The first-order valence-corrected chi connectivity index (χ1v) is 9.32. The van der Waals surface area contributed by atoms with Crippen molar-refractivity contribution in [1.29, 1.82) is 0 Å². The number of hydrogen-bond donors (Lipinski definition) is 2. The van der Waals surface area contributed by atoms with Crippen molar-refractivity contribution < 1.29 is 33.4 Å². The highest BCUT2D eigenvalue weighted by Crippen LogP contribution is 2.12. The van der Waals surface area contributed by atoms with Gasteiger partial charge in [0.05, 0.1) is 6.20 Å². The number of halogens is 2. The molecule has 1 aliphatic rings. The molecule has 0 spiro atoms. The number of hydrogen-bond acceptors (Lipinski definition) is 6. The zero-order chi connectivity index (χ0) is 23.2. The quantitative estimate of drug-likeness (QED) is 0.670. The van der Waals surface area contributed by atoms with Gasteiger partial charge in [-0.05, 0) is 13.0 Å².